The van der Waals surface area contributed by atoms with E-state index in [1.807, 2.05) is 35.7 Å². The number of carbonyl (C=O) groups excluding carboxylic acids is 2. The van der Waals surface area contributed by atoms with Crippen LogP contribution in [0.15, 0.2) is 41.9 Å². The Bertz CT molecular complexity index is 672. The summed E-state index contributed by atoms with van der Waals surface area (Å²) in [5.41, 5.74) is 0.892. The Morgan fingerprint density at radius 2 is 2.08 bits per heavy atom. The quantitative estimate of drug-likeness (QED) is 0.859. The fourth-order valence-corrected chi connectivity index (χ4v) is 2.71. The zero-order valence-corrected chi connectivity index (χ0v) is 13.7. The third kappa shape index (κ3) is 4.45. The standard InChI is InChI=1S/C16H17N3O4S/c20-14(19-9-13(10-19)23-16-17-6-7-24-16)8-18-15(21)22-11-12-4-2-1-3-5-12/h1-7,13H,8-11H2,(H,18,21). The Labute approximate surface area is 143 Å². The zero-order valence-electron chi connectivity index (χ0n) is 12.9. The molecule has 2 amide bonds. The largest absolute Gasteiger partial charge is 0.463 e. The summed E-state index contributed by atoms with van der Waals surface area (Å²) in [5.74, 6) is -0.161. The highest BCUT2D eigenvalue weighted by atomic mass is 32.1. The molecular weight excluding hydrogens is 330 g/mol. The van der Waals surface area contributed by atoms with Crippen LogP contribution >= 0.6 is 11.3 Å². The first-order valence-corrected chi connectivity index (χ1v) is 8.37. The van der Waals surface area contributed by atoms with Gasteiger partial charge in [-0.25, -0.2) is 9.78 Å². The number of thiazole rings is 1. The van der Waals surface area contributed by atoms with Gasteiger partial charge in [0.15, 0.2) is 0 Å². The van der Waals surface area contributed by atoms with Crippen molar-refractivity contribution in [1.29, 1.82) is 0 Å². The molecule has 1 aliphatic heterocycles. The molecule has 8 heteroatoms. The van der Waals surface area contributed by atoms with Crippen molar-refractivity contribution in [3.63, 3.8) is 0 Å². The van der Waals surface area contributed by atoms with Crippen LogP contribution in [0, 0.1) is 0 Å². The molecule has 1 fully saturated rings. The van der Waals surface area contributed by atoms with E-state index in [9.17, 15) is 9.59 Å². The van der Waals surface area contributed by atoms with Gasteiger partial charge in [0, 0.05) is 11.6 Å². The van der Waals surface area contributed by atoms with Crippen molar-refractivity contribution in [1.82, 2.24) is 15.2 Å². The minimum absolute atomic E-state index is 0.0369. The number of carbonyl (C=O) groups is 2. The number of aromatic nitrogens is 1. The molecule has 1 aliphatic rings. The molecule has 0 radical (unpaired) electrons. The molecule has 2 heterocycles. The van der Waals surface area contributed by atoms with E-state index < -0.39 is 6.09 Å². The first-order chi connectivity index (χ1) is 11.7. The Kier molecular flexibility index (Phi) is 5.27. The summed E-state index contributed by atoms with van der Waals surface area (Å²) in [4.78, 5) is 29.2. The molecule has 0 aliphatic carbocycles. The fraction of sp³-hybridized carbons (Fsp3) is 0.312. The number of likely N-dealkylation sites (tertiary alicyclic amines) is 1. The van der Waals surface area contributed by atoms with Crippen LogP contribution in [-0.2, 0) is 16.1 Å². The lowest BCUT2D eigenvalue weighted by Crippen LogP contribution is -2.58. The first kappa shape index (κ1) is 16.3. The SMILES string of the molecule is O=C(NCC(=O)N1CC(Oc2nccs2)C1)OCc1ccccc1. The third-order valence-corrected chi connectivity index (χ3v) is 4.14. The van der Waals surface area contributed by atoms with Gasteiger partial charge in [-0.1, -0.05) is 41.7 Å². The maximum atomic E-state index is 11.9. The maximum Gasteiger partial charge on any atom is 0.407 e. The summed E-state index contributed by atoms with van der Waals surface area (Å²) in [7, 11) is 0. The predicted octanol–water partition coefficient (Wildman–Crippen LogP) is 1.66. The number of benzene rings is 1. The molecule has 0 bridgehead atoms. The van der Waals surface area contributed by atoms with Crippen molar-refractivity contribution in [3.05, 3.63) is 47.5 Å². The van der Waals surface area contributed by atoms with Gasteiger partial charge in [-0.05, 0) is 5.56 Å². The Balaban J connectivity index is 1.31. The van der Waals surface area contributed by atoms with E-state index in [0.717, 1.165) is 5.56 Å². The lowest BCUT2D eigenvalue weighted by atomic mass is 10.1. The second-order valence-electron chi connectivity index (χ2n) is 5.25. The number of nitrogens with zero attached hydrogens (tertiary/aromatic N) is 2. The summed E-state index contributed by atoms with van der Waals surface area (Å²) in [6.45, 7) is 1.09. The highest BCUT2D eigenvalue weighted by molar-refractivity contribution is 7.11. The van der Waals surface area contributed by atoms with Crippen LogP contribution < -0.4 is 10.1 Å². The molecule has 1 saturated heterocycles. The van der Waals surface area contributed by atoms with Crippen LogP contribution in [0.4, 0.5) is 4.79 Å². The molecule has 24 heavy (non-hydrogen) atoms. The molecule has 0 atom stereocenters. The van der Waals surface area contributed by atoms with Crippen LogP contribution in [0.25, 0.3) is 0 Å². The lowest BCUT2D eigenvalue weighted by Gasteiger charge is -2.38. The summed E-state index contributed by atoms with van der Waals surface area (Å²) in [6, 6.07) is 9.35. The van der Waals surface area contributed by atoms with Gasteiger partial charge in [0.25, 0.3) is 5.19 Å². The van der Waals surface area contributed by atoms with Gasteiger partial charge >= 0.3 is 6.09 Å². The van der Waals surface area contributed by atoms with Gasteiger partial charge in [0.2, 0.25) is 5.91 Å². The van der Waals surface area contributed by atoms with Crippen molar-refractivity contribution in [2.75, 3.05) is 19.6 Å². The van der Waals surface area contributed by atoms with Crippen LogP contribution in [0.2, 0.25) is 0 Å². The maximum absolute atomic E-state index is 11.9. The highest BCUT2D eigenvalue weighted by Crippen LogP contribution is 2.19. The Hall–Kier alpha value is -2.61. The van der Waals surface area contributed by atoms with Crippen molar-refractivity contribution in [3.8, 4) is 5.19 Å². The van der Waals surface area contributed by atoms with Crippen LogP contribution in [-0.4, -0.2) is 47.6 Å². The number of hydrogen-bond donors (Lipinski definition) is 1. The van der Waals surface area contributed by atoms with Crippen molar-refractivity contribution in [2.24, 2.45) is 0 Å². The summed E-state index contributed by atoms with van der Waals surface area (Å²) in [5, 5.41) is 4.90. The van der Waals surface area contributed by atoms with E-state index in [4.69, 9.17) is 9.47 Å². The van der Waals surface area contributed by atoms with Crippen LogP contribution in [0.3, 0.4) is 0 Å². The van der Waals surface area contributed by atoms with E-state index >= 15 is 0 Å². The molecule has 0 unspecified atom stereocenters. The minimum atomic E-state index is -0.608. The molecule has 126 valence electrons. The molecule has 1 N–H and O–H groups in total. The van der Waals surface area contributed by atoms with Crippen LogP contribution in [0.5, 0.6) is 5.19 Å². The number of ether oxygens (including phenoxy) is 2. The topological polar surface area (TPSA) is 80.8 Å². The summed E-state index contributed by atoms with van der Waals surface area (Å²) < 4.78 is 10.6. The Morgan fingerprint density at radius 1 is 1.29 bits per heavy atom. The molecular formula is C16H17N3O4S. The molecule has 7 nitrogen and oxygen atoms in total. The number of rotatable bonds is 6. The number of amides is 2. The van der Waals surface area contributed by atoms with Gasteiger partial charge in [0.05, 0.1) is 13.1 Å². The monoisotopic (exact) mass is 347 g/mol. The fourth-order valence-electron chi connectivity index (χ4n) is 2.16. The molecule has 2 aromatic rings. The van der Waals surface area contributed by atoms with E-state index in [1.165, 1.54) is 11.3 Å². The van der Waals surface area contributed by atoms with E-state index in [1.54, 1.807) is 11.1 Å². The van der Waals surface area contributed by atoms with Crippen molar-refractivity contribution >= 4 is 23.3 Å². The summed E-state index contributed by atoms with van der Waals surface area (Å²) >= 11 is 1.42. The highest BCUT2D eigenvalue weighted by Gasteiger charge is 2.32. The van der Waals surface area contributed by atoms with Crippen molar-refractivity contribution < 1.29 is 19.1 Å². The molecule has 1 aromatic carbocycles. The van der Waals surface area contributed by atoms with Crippen LogP contribution in [0.1, 0.15) is 5.56 Å². The normalized spacial score (nSPS) is 13.9. The average Bonchev–Trinajstić information content (AvgIpc) is 3.08. The Morgan fingerprint density at radius 3 is 2.79 bits per heavy atom. The summed E-state index contributed by atoms with van der Waals surface area (Å²) in [6.07, 6.45) is 1.03. The second kappa shape index (κ2) is 7.78. The van der Waals surface area contributed by atoms with E-state index in [0.29, 0.717) is 18.3 Å². The molecule has 0 saturated carbocycles. The molecule has 3 rings (SSSR count). The predicted molar refractivity (Wildman–Crippen MR) is 87.7 cm³/mol. The first-order valence-electron chi connectivity index (χ1n) is 7.49. The van der Waals surface area contributed by atoms with E-state index in [2.05, 4.69) is 10.3 Å². The molecule has 0 spiro atoms. The van der Waals surface area contributed by atoms with Gasteiger partial charge < -0.3 is 19.7 Å². The second-order valence-corrected chi connectivity index (χ2v) is 6.11. The molecule has 1 aromatic heterocycles. The van der Waals surface area contributed by atoms with Gasteiger partial charge in [0.1, 0.15) is 19.3 Å². The van der Waals surface area contributed by atoms with Gasteiger partial charge in [-0.3, -0.25) is 4.79 Å². The van der Waals surface area contributed by atoms with Gasteiger partial charge in [-0.2, -0.15) is 0 Å². The zero-order chi connectivity index (χ0) is 16.8. The average molecular weight is 347 g/mol. The van der Waals surface area contributed by atoms with Crippen molar-refractivity contribution in [2.45, 2.75) is 12.7 Å². The minimum Gasteiger partial charge on any atom is -0.463 e. The number of hydrogen-bond acceptors (Lipinski definition) is 6. The lowest BCUT2D eigenvalue weighted by molar-refractivity contribution is -0.138. The number of alkyl carbamates (subject to hydrolysis) is 1. The smallest absolute Gasteiger partial charge is 0.407 e. The number of nitrogens with one attached hydrogen (secondary N) is 1. The third-order valence-electron chi connectivity index (χ3n) is 3.47. The van der Waals surface area contributed by atoms with Gasteiger partial charge in [-0.15, -0.1) is 0 Å². The van der Waals surface area contributed by atoms with E-state index in [-0.39, 0.29) is 25.2 Å².